The molecule has 1 fully saturated rings. The van der Waals surface area contributed by atoms with Gasteiger partial charge in [0.25, 0.3) is 0 Å². The topological polar surface area (TPSA) is 52.5 Å². The molecule has 0 aromatic heterocycles. The van der Waals surface area contributed by atoms with Gasteiger partial charge in [0.2, 0.25) is 0 Å². The summed E-state index contributed by atoms with van der Waals surface area (Å²) in [7, 11) is 0. The maximum atomic E-state index is 13.4. The third-order valence-corrected chi connectivity index (χ3v) is 6.86. The van der Waals surface area contributed by atoms with Crippen LogP contribution in [0.15, 0.2) is 42.5 Å². The predicted octanol–water partition coefficient (Wildman–Crippen LogP) is 5.22. The second-order valence-corrected chi connectivity index (χ2v) is 10.4. The third-order valence-electron chi connectivity index (χ3n) is 6.86. The van der Waals surface area contributed by atoms with Crippen LogP contribution in [-0.4, -0.2) is 29.5 Å². The number of nitrogens with one attached hydrogen (secondary N) is 1. The van der Waals surface area contributed by atoms with Gasteiger partial charge < -0.3 is 15.5 Å². The van der Waals surface area contributed by atoms with Crippen LogP contribution in [0.3, 0.4) is 0 Å². The van der Waals surface area contributed by atoms with Gasteiger partial charge in [0, 0.05) is 24.8 Å². The first kappa shape index (κ1) is 24.8. The average Bonchev–Trinajstić information content (AvgIpc) is 2.75. The minimum absolute atomic E-state index is 0.0409. The molecule has 3 nitrogen and oxygen atoms in total. The highest BCUT2D eigenvalue weighted by Gasteiger charge is 2.37. The Balaban J connectivity index is 1.71. The van der Waals surface area contributed by atoms with Crippen molar-refractivity contribution in [3.05, 3.63) is 70.8 Å². The van der Waals surface area contributed by atoms with Gasteiger partial charge in [-0.15, -0.1) is 0 Å². The quantitative estimate of drug-likeness (QED) is 0.522. The lowest BCUT2D eigenvalue weighted by Gasteiger charge is -2.42. The van der Waals surface area contributed by atoms with Crippen molar-refractivity contribution < 1.29 is 19.0 Å². The van der Waals surface area contributed by atoms with E-state index in [1.54, 1.807) is 0 Å². The Bertz CT molecular complexity index is 865. The lowest BCUT2D eigenvalue weighted by atomic mass is 9.71. The van der Waals surface area contributed by atoms with Crippen molar-refractivity contribution in [2.75, 3.05) is 13.2 Å². The standard InChI is InChI=1S/C27H37F2NO2/c1-26(2,3)21-5-4-6-22(15-21)27(11-9-19(18-31)10-12-27)30-17-25(32)8-7-20-13-23(28)16-24(29)14-20/h4-6,13-16,19,25,30-32H,7-12,17-18H2,1-3H3. The van der Waals surface area contributed by atoms with E-state index in [-0.39, 0.29) is 17.6 Å². The number of aliphatic hydroxyl groups is 2. The summed E-state index contributed by atoms with van der Waals surface area (Å²) in [6, 6.07) is 12.2. The highest BCUT2D eigenvalue weighted by atomic mass is 19.1. The van der Waals surface area contributed by atoms with Crippen LogP contribution in [0.1, 0.15) is 69.6 Å². The summed E-state index contributed by atoms with van der Waals surface area (Å²) >= 11 is 0. The van der Waals surface area contributed by atoms with Gasteiger partial charge in [0.05, 0.1) is 6.10 Å². The second-order valence-electron chi connectivity index (χ2n) is 10.4. The molecule has 5 heteroatoms. The van der Waals surface area contributed by atoms with E-state index in [1.165, 1.54) is 23.3 Å². The second kappa shape index (κ2) is 10.4. The molecule has 1 aliphatic rings. The lowest BCUT2D eigenvalue weighted by molar-refractivity contribution is 0.105. The minimum atomic E-state index is -0.625. The monoisotopic (exact) mass is 445 g/mol. The van der Waals surface area contributed by atoms with Crippen LogP contribution in [0, 0.1) is 17.6 Å². The molecule has 1 unspecified atom stereocenters. The first-order valence-electron chi connectivity index (χ1n) is 11.7. The van der Waals surface area contributed by atoms with Gasteiger partial charge in [-0.05, 0) is 78.7 Å². The maximum absolute atomic E-state index is 13.4. The van der Waals surface area contributed by atoms with Gasteiger partial charge in [0.1, 0.15) is 11.6 Å². The average molecular weight is 446 g/mol. The number of rotatable bonds is 8. The first-order valence-corrected chi connectivity index (χ1v) is 11.7. The number of aliphatic hydroxyl groups excluding tert-OH is 2. The van der Waals surface area contributed by atoms with Gasteiger partial charge in [-0.1, -0.05) is 45.0 Å². The first-order chi connectivity index (χ1) is 15.1. The van der Waals surface area contributed by atoms with Crippen molar-refractivity contribution in [3.63, 3.8) is 0 Å². The van der Waals surface area contributed by atoms with E-state index in [2.05, 4.69) is 50.4 Å². The van der Waals surface area contributed by atoms with Crippen molar-refractivity contribution in [2.24, 2.45) is 5.92 Å². The van der Waals surface area contributed by atoms with Crippen LogP contribution in [0.4, 0.5) is 8.78 Å². The summed E-state index contributed by atoms with van der Waals surface area (Å²) in [4.78, 5) is 0. The SMILES string of the molecule is CC(C)(C)c1cccc(C2(NCC(O)CCc3cc(F)cc(F)c3)CCC(CO)CC2)c1. The number of benzene rings is 2. The van der Waals surface area contributed by atoms with Gasteiger partial charge in [-0.25, -0.2) is 8.78 Å². The Kier molecular flexibility index (Phi) is 8.07. The van der Waals surface area contributed by atoms with Crippen molar-refractivity contribution in [1.29, 1.82) is 0 Å². The molecule has 1 atom stereocenters. The number of hydrogen-bond donors (Lipinski definition) is 3. The van der Waals surface area contributed by atoms with Crippen LogP contribution in [0.25, 0.3) is 0 Å². The fourth-order valence-corrected chi connectivity index (χ4v) is 4.71. The van der Waals surface area contributed by atoms with E-state index < -0.39 is 17.7 Å². The van der Waals surface area contributed by atoms with Crippen molar-refractivity contribution in [1.82, 2.24) is 5.32 Å². The molecule has 0 spiro atoms. The van der Waals surface area contributed by atoms with E-state index in [0.29, 0.717) is 30.9 Å². The predicted molar refractivity (Wildman–Crippen MR) is 125 cm³/mol. The van der Waals surface area contributed by atoms with Gasteiger partial charge in [0.15, 0.2) is 0 Å². The fraction of sp³-hybridized carbons (Fsp3) is 0.556. The van der Waals surface area contributed by atoms with E-state index in [1.807, 2.05) is 0 Å². The molecule has 3 N–H and O–H groups in total. The summed E-state index contributed by atoms with van der Waals surface area (Å²) < 4.78 is 26.9. The molecule has 0 bridgehead atoms. The Labute approximate surface area is 190 Å². The Morgan fingerprint density at radius 2 is 1.72 bits per heavy atom. The smallest absolute Gasteiger partial charge is 0.126 e. The van der Waals surface area contributed by atoms with Crippen LogP contribution >= 0.6 is 0 Å². The normalized spacial score (nSPS) is 22.7. The number of aryl methyl sites for hydroxylation is 1. The zero-order valence-corrected chi connectivity index (χ0v) is 19.5. The van der Waals surface area contributed by atoms with E-state index in [0.717, 1.165) is 31.7 Å². The molecule has 2 aromatic rings. The zero-order valence-electron chi connectivity index (χ0n) is 19.5. The number of halogens is 2. The molecule has 0 heterocycles. The van der Waals surface area contributed by atoms with E-state index in [9.17, 15) is 19.0 Å². The molecule has 0 radical (unpaired) electrons. The molecule has 2 aromatic carbocycles. The van der Waals surface area contributed by atoms with Crippen molar-refractivity contribution in [2.45, 2.75) is 76.4 Å². The Morgan fingerprint density at radius 1 is 1.06 bits per heavy atom. The van der Waals surface area contributed by atoms with Crippen LogP contribution in [0.2, 0.25) is 0 Å². The molecule has 3 rings (SSSR count). The summed E-state index contributed by atoms with van der Waals surface area (Å²) in [6.45, 7) is 7.22. The molecule has 0 saturated heterocycles. The maximum Gasteiger partial charge on any atom is 0.126 e. The Hall–Kier alpha value is -1.82. The lowest BCUT2D eigenvalue weighted by Crippen LogP contribution is -2.48. The summed E-state index contributed by atoms with van der Waals surface area (Å²) in [5.41, 5.74) is 2.84. The van der Waals surface area contributed by atoms with Crippen molar-refractivity contribution in [3.8, 4) is 0 Å². The molecular weight excluding hydrogens is 408 g/mol. The Morgan fingerprint density at radius 3 is 2.31 bits per heavy atom. The largest absolute Gasteiger partial charge is 0.396 e. The highest BCUT2D eigenvalue weighted by Crippen LogP contribution is 2.40. The molecule has 0 aliphatic heterocycles. The molecule has 0 amide bonds. The van der Waals surface area contributed by atoms with E-state index >= 15 is 0 Å². The molecular formula is C27H37F2NO2. The summed E-state index contributed by atoms with van der Waals surface area (Å²) in [5, 5.41) is 23.9. The summed E-state index contributed by atoms with van der Waals surface area (Å²) in [6.07, 6.45) is 3.87. The molecule has 176 valence electrons. The van der Waals surface area contributed by atoms with Gasteiger partial charge in [-0.3, -0.25) is 0 Å². The van der Waals surface area contributed by atoms with Crippen LogP contribution in [0.5, 0.6) is 0 Å². The molecule has 32 heavy (non-hydrogen) atoms. The highest BCUT2D eigenvalue weighted by molar-refractivity contribution is 5.34. The fourth-order valence-electron chi connectivity index (χ4n) is 4.71. The van der Waals surface area contributed by atoms with Gasteiger partial charge in [-0.2, -0.15) is 0 Å². The zero-order chi connectivity index (χ0) is 23.4. The number of hydrogen-bond acceptors (Lipinski definition) is 3. The molecule has 1 saturated carbocycles. The summed E-state index contributed by atoms with van der Waals surface area (Å²) in [5.74, 6) is -0.861. The van der Waals surface area contributed by atoms with Crippen LogP contribution in [-0.2, 0) is 17.4 Å². The van der Waals surface area contributed by atoms with E-state index in [4.69, 9.17) is 0 Å². The van der Waals surface area contributed by atoms with Crippen LogP contribution < -0.4 is 5.32 Å². The minimum Gasteiger partial charge on any atom is -0.396 e. The van der Waals surface area contributed by atoms with Gasteiger partial charge >= 0.3 is 0 Å². The third kappa shape index (κ3) is 6.37. The van der Waals surface area contributed by atoms with Crippen molar-refractivity contribution >= 4 is 0 Å². The molecule has 1 aliphatic carbocycles.